The molecule has 4 rings (SSSR count). The van der Waals surface area contributed by atoms with Gasteiger partial charge in [-0.2, -0.15) is 5.10 Å². The number of rotatable bonds is 6. The van der Waals surface area contributed by atoms with Crippen LogP contribution in [0.1, 0.15) is 31.7 Å². The number of hydrogen-bond donors (Lipinski definition) is 1. The topological polar surface area (TPSA) is 59.4 Å². The molecule has 2 aromatic rings. The first-order valence-electron chi connectivity index (χ1n) is 10.4. The highest BCUT2D eigenvalue weighted by Gasteiger charge is 2.24. The molecule has 1 atom stereocenters. The predicted octanol–water partition coefficient (Wildman–Crippen LogP) is 4.22. The van der Waals surface area contributed by atoms with Crippen LogP contribution in [-0.2, 0) is 4.74 Å². The lowest BCUT2D eigenvalue weighted by Gasteiger charge is -2.31. The molecule has 6 nitrogen and oxygen atoms in total. The van der Waals surface area contributed by atoms with E-state index in [1.807, 2.05) is 0 Å². The lowest BCUT2D eigenvalue weighted by molar-refractivity contribution is 0.0595. The standard InChI is InChI=1S/C21H26ClFN4O2S/c22-20-19(24-12-15-2-1-11-29-14-15)13-25-27(21(20)28)17-7-9-26(10-8-17)30-18-5-3-16(23)4-6-18/h3-6,13,15,17,24H,1-2,7-12,14H2. The lowest BCUT2D eigenvalue weighted by Crippen LogP contribution is -2.36. The number of hydrogen-bond acceptors (Lipinski definition) is 6. The van der Waals surface area contributed by atoms with Crippen molar-refractivity contribution < 1.29 is 9.13 Å². The predicted molar refractivity (Wildman–Crippen MR) is 118 cm³/mol. The average molecular weight is 453 g/mol. The molecule has 0 amide bonds. The van der Waals surface area contributed by atoms with Crippen molar-refractivity contribution in [1.82, 2.24) is 14.1 Å². The fraction of sp³-hybridized carbons (Fsp3) is 0.524. The highest BCUT2D eigenvalue weighted by atomic mass is 35.5. The van der Waals surface area contributed by atoms with Gasteiger partial charge in [-0.05, 0) is 67.8 Å². The monoisotopic (exact) mass is 452 g/mol. The van der Waals surface area contributed by atoms with Gasteiger partial charge in [0, 0.05) is 31.1 Å². The van der Waals surface area contributed by atoms with Crippen molar-refractivity contribution in [2.24, 2.45) is 5.92 Å². The molecule has 0 saturated carbocycles. The van der Waals surface area contributed by atoms with Gasteiger partial charge >= 0.3 is 0 Å². The molecule has 1 unspecified atom stereocenters. The third-order valence-corrected chi connectivity index (χ3v) is 7.07. The SMILES string of the molecule is O=c1c(Cl)c(NCC2CCCOC2)cnn1C1CCN(Sc2ccc(F)cc2)CC1. The molecular formula is C21H26ClFN4O2S. The van der Waals surface area contributed by atoms with E-state index in [-0.39, 0.29) is 22.4 Å². The van der Waals surface area contributed by atoms with E-state index in [0.29, 0.717) is 11.6 Å². The van der Waals surface area contributed by atoms with E-state index >= 15 is 0 Å². The minimum Gasteiger partial charge on any atom is -0.382 e. The maximum Gasteiger partial charge on any atom is 0.287 e. The van der Waals surface area contributed by atoms with Gasteiger partial charge in [0.25, 0.3) is 5.56 Å². The number of nitrogens with one attached hydrogen (secondary N) is 1. The maximum absolute atomic E-state index is 13.1. The van der Waals surface area contributed by atoms with Crippen LogP contribution >= 0.6 is 23.5 Å². The Morgan fingerprint density at radius 1 is 1.23 bits per heavy atom. The van der Waals surface area contributed by atoms with E-state index in [4.69, 9.17) is 16.3 Å². The smallest absolute Gasteiger partial charge is 0.287 e. The highest BCUT2D eigenvalue weighted by Crippen LogP contribution is 2.30. The first-order valence-corrected chi connectivity index (χ1v) is 11.5. The van der Waals surface area contributed by atoms with Crippen LogP contribution < -0.4 is 10.9 Å². The van der Waals surface area contributed by atoms with Crippen LogP contribution in [-0.4, -0.2) is 46.9 Å². The minimum absolute atomic E-state index is 0.0286. The van der Waals surface area contributed by atoms with E-state index in [1.165, 1.54) is 16.8 Å². The first kappa shape index (κ1) is 21.6. The second kappa shape index (κ2) is 10.1. The van der Waals surface area contributed by atoms with Crippen LogP contribution in [0, 0.1) is 11.7 Å². The van der Waals surface area contributed by atoms with E-state index in [1.54, 1.807) is 30.3 Å². The number of nitrogens with zero attached hydrogens (tertiary/aromatic N) is 3. The summed E-state index contributed by atoms with van der Waals surface area (Å²) >= 11 is 7.98. The van der Waals surface area contributed by atoms with Crippen LogP contribution in [0.25, 0.3) is 0 Å². The molecule has 2 fully saturated rings. The molecule has 2 saturated heterocycles. The molecule has 30 heavy (non-hydrogen) atoms. The van der Waals surface area contributed by atoms with Gasteiger partial charge in [0.2, 0.25) is 0 Å². The van der Waals surface area contributed by atoms with Crippen molar-refractivity contribution in [3.05, 3.63) is 51.7 Å². The lowest BCUT2D eigenvalue weighted by atomic mass is 10.0. The van der Waals surface area contributed by atoms with Gasteiger partial charge in [0.1, 0.15) is 10.8 Å². The number of piperidine rings is 1. The van der Waals surface area contributed by atoms with Crippen LogP contribution in [0.2, 0.25) is 5.02 Å². The van der Waals surface area contributed by atoms with Crippen molar-refractivity contribution in [2.45, 2.75) is 36.6 Å². The molecule has 9 heteroatoms. The number of ether oxygens (including phenoxy) is 1. The first-order chi connectivity index (χ1) is 14.6. The summed E-state index contributed by atoms with van der Waals surface area (Å²) < 4.78 is 22.3. The second-order valence-corrected chi connectivity index (χ2v) is 9.34. The summed E-state index contributed by atoms with van der Waals surface area (Å²) in [6.07, 6.45) is 5.46. The summed E-state index contributed by atoms with van der Waals surface area (Å²) in [5.74, 6) is 0.200. The normalized spacial score (nSPS) is 20.9. The zero-order valence-corrected chi connectivity index (χ0v) is 18.3. The summed E-state index contributed by atoms with van der Waals surface area (Å²) in [6.45, 7) is 3.93. The number of benzene rings is 1. The van der Waals surface area contributed by atoms with Gasteiger partial charge in [-0.1, -0.05) is 11.6 Å². The third-order valence-electron chi connectivity index (χ3n) is 5.60. The second-order valence-electron chi connectivity index (χ2n) is 7.79. The Bertz CT molecular complexity index is 897. The Kier molecular flexibility index (Phi) is 7.30. The number of anilines is 1. The van der Waals surface area contributed by atoms with Crippen LogP contribution in [0.15, 0.2) is 40.2 Å². The van der Waals surface area contributed by atoms with Crippen molar-refractivity contribution in [3.63, 3.8) is 0 Å². The third kappa shape index (κ3) is 5.35. The largest absolute Gasteiger partial charge is 0.382 e. The molecular weight excluding hydrogens is 427 g/mol. The molecule has 1 aromatic carbocycles. The Labute approximate surface area is 184 Å². The highest BCUT2D eigenvalue weighted by molar-refractivity contribution is 7.97. The summed E-state index contributed by atoms with van der Waals surface area (Å²) in [4.78, 5) is 13.8. The van der Waals surface area contributed by atoms with Gasteiger partial charge in [-0.15, -0.1) is 0 Å². The molecule has 3 heterocycles. The molecule has 0 spiro atoms. The molecule has 0 aliphatic carbocycles. The summed E-state index contributed by atoms with van der Waals surface area (Å²) in [5.41, 5.74) is 0.346. The van der Waals surface area contributed by atoms with E-state index in [9.17, 15) is 9.18 Å². The molecule has 2 aliphatic rings. The Hall–Kier alpha value is -1.61. The Balaban J connectivity index is 1.33. The fourth-order valence-corrected chi connectivity index (χ4v) is 5.02. The maximum atomic E-state index is 13.1. The molecule has 1 N–H and O–H groups in total. The van der Waals surface area contributed by atoms with Gasteiger partial charge in [0.15, 0.2) is 0 Å². The molecule has 1 aromatic heterocycles. The zero-order chi connectivity index (χ0) is 20.9. The summed E-state index contributed by atoms with van der Waals surface area (Å²) in [6, 6.07) is 6.53. The van der Waals surface area contributed by atoms with Crippen molar-refractivity contribution in [3.8, 4) is 0 Å². The van der Waals surface area contributed by atoms with Crippen LogP contribution in [0.4, 0.5) is 10.1 Å². The molecule has 0 bridgehead atoms. The Morgan fingerprint density at radius 2 is 2.00 bits per heavy atom. The van der Waals surface area contributed by atoms with Crippen LogP contribution in [0.5, 0.6) is 0 Å². The average Bonchev–Trinajstić information content (AvgIpc) is 2.78. The number of aromatic nitrogens is 2. The molecule has 2 aliphatic heterocycles. The van der Waals surface area contributed by atoms with E-state index < -0.39 is 0 Å². The zero-order valence-electron chi connectivity index (χ0n) is 16.7. The van der Waals surface area contributed by atoms with Gasteiger partial charge in [-0.3, -0.25) is 4.79 Å². The van der Waals surface area contributed by atoms with Gasteiger partial charge in [-0.25, -0.2) is 13.4 Å². The number of halogens is 2. The minimum atomic E-state index is -0.244. The van der Waals surface area contributed by atoms with Crippen molar-refractivity contribution in [1.29, 1.82) is 0 Å². The Morgan fingerprint density at radius 3 is 2.70 bits per heavy atom. The molecule has 0 radical (unpaired) electrons. The summed E-state index contributed by atoms with van der Waals surface area (Å²) in [7, 11) is 0. The van der Waals surface area contributed by atoms with E-state index in [2.05, 4.69) is 14.7 Å². The van der Waals surface area contributed by atoms with Gasteiger partial charge < -0.3 is 10.1 Å². The molecule has 162 valence electrons. The summed E-state index contributed by atoms with van der Waals surface area (Å²) in [5, 5.41) is 7.87. The van der Waals surface area contributed by atoms with Gasteiger partial charge in [0.05, 0.1) is 24.5 Å². The quantitative estimate of drug-likeness (QED) is 0.662. The van der Waals surface area contributed by atoms with Crippen molar-refractivity contribution in [2.75, 3.05) is 38.2 Å². The van der Waals surface area contributed by atoms with Crippen molar-refractivity contribution >= 4 is 29.2 Å². The van der Waals surface area contributed by atoms with Crippen LogP contribution in [0.3, 0.4) is 0 Å². The fourth-order valence-electron chi connectivity index (χ4n) is 3.87. The van der Waals surface area contributed by atoms with E-state index in [0.717, 1.165) is 63.4 Å².